The second kappa shape index (κ2) is 7.52. The fourth-order valence-electron chi connectivity index (χ4n) is 2.23. The Morgan fingerprint density at radius 2 is 2.10 bits per heavy atom. The van der Waals surface area contributed by atoms with Crippen molar-refractivity contribution in [3.8, 4) is 0 Å². The Balaban J connectivity index is 2.40. The molecule has 1 aromatic heterocycles. The SMILES string of the molecule is CCSc1cccc(N(CC)Cc2cccs2)c1C(=O)O. The quantitative estimate of drug-likeness (QED) is 0.758. The van der Waals surface area contributed by atoms with Crippen LogP contribution < -0.4 is 4.90 Å². The van der Waals surface area contributed by atoms with E-state index in [1.807, 2.05) is 36.6 Å². The molecular weight excluding hydrogens is 302 g/mol. The lowest BCUT2D eigenvalue weighted by molar-refractivity contribution is 0.0694. The molecule has 0 aliphatic carbocycles. The Morgan fingerprint density at radius 1 is 1.29 bits per heavy atom. The van der Waals surface area contributed by atoms with Gasteiger partial charge in [0.05, 0.1) is 17.8 Å². The minimum absolute atomic E-state index is 0.419. The third kappa shape index (κ3) is 3.80. The Kier molecular flexibility index (Phi) is 5.70. The van der Waals surface area contributed by atoms with Crippen LogP contribution in [0.15, 0.2) is 40.6 Å². The van der Waals surface area contributed by atoms with E-state index in [0.29, 0.717) is 5.56 Å². The fourth-order valence-corrected chi connectivity index (χ4v) is 3.77. The molecule has 21 heavy (non-hydrogen) atoms. The lowest BCUT2D eigenvalue weighted by atomic mass is 10.1. The van der Waals surface area contributed by atoms with Crippen LogP contribution >= 0.6 is 23.1 Å². The zero-order valence-corrected chi connectivity index (χ0v) is 13.8. The summed E-state index contributed by atoms with van der Waals surface area (Å²) in [6.07, 6.45) is 0. The predicted octanol–water partition coefficient (Wildman–Crippen LogP) is 4.58. The van der Waals surface area contributed by atoms with Crippen LogP contribution in [0.2, 0.25) is 0 Å². The smallest absolute Gasteiger partial charge is 0.338 e. The van der Waals surface area contributed by atoms with E-state index in [1.54, 1.807) is 23.1 Å². The molecule has 1 heterocycles. The molecule has 1 aromatic carbocycles. The first kappa shape index (κ1) is 15.9. The van der Waals surface area contributed by atoms with Crippen LogP contribution in [0.1, 0.15) is 29.1 Å². The number of hydrogen-bond acceptors (Lipinski definition) is 4. The van der Waals surface area contributed by atoms with Gasteiger partial charge in [0.15, 0.2) is 0 Å². The van der Waals surface area contributed by atoms with Crippen LogP contribution in [0.3, 0.4) is 0 Å². The third-order valence-corrected chi connectivity index (χ3v) is 4.97. The Hall–Kier alpha value is -1.46. The molecule has 1 N–H and O–H groups in total. The average Bonchev–Trinajstić information content (AvgIpc) is 2.97. The monoisotopic (exact) mass is 321 g/mol. The minimum Gasteiger partial charge on any atom is -0.478 e. The van der Waals surface area contributed by atoms with Gasteiger partial charge in [0.25, 0.3) is 0 Å². The maximum absolute atomic E-state index is 11.7. The van der Waals surface area contributed by atoms with Crippen molar-refractivity contribution >= 4 is 34.8 Å². The second-order valence-electron chi connectivity index (χ2n) is 4.48. The standard InChI is InChI=1S/C16H19NO2S2/c1-3-17(11-12-7-6-10-21-12)13-8-5-9-14(20-4-2)15(13)16(18)19/h5-10H,3-4,11H2,1-2H3,(H,18,19). The summed E-state index contributed by atoms with van der Waals surface area (Å²) in [6, 6.07) is 9.84. The van der Waals surface area contributed by atoms with Crippen molar-refractivity contribution < 1.29 is 9.90 Å². The summed E-state index contributed by atoms with van der Waals surface area (Å²) < 4.78 is 0. The number of carboxylic acids is 1. The first-order valence-corrected chi connectivity index (χ1v) is 8.80. The lowest BCUT2D eigenvalue weighted by Gasteiger charge is -2.25. The van der Waals surface area contributed by atoms with Crippen LogP contribution in [0.4, 0.5) is 5.69 Å². The average molecular weight is 321 g/mol. The minimum atomic E-state index is -0.855. The van der Waals surface area contributed by atoms with E-state index < -0.39 is 5.97 Å². The van der Waals surface area contributed by atoms with Gasteiger partial charge in [0.2, 0.25) is 0 Å². The lowest BCUT2D eigenvalue weighted by Crippen LogP contribution is -2.24. The van der Waals surface area contributed by atoms with Crippen molar-refractivity contribution in [2.45, 2.75) is 25.3 Å². The zero-order chi connectivity index (χ0) is 15.2. The first-order chi connectivity index (χ1) is 10.2. The van der Waals surface area contributed by atoms with E-state index in [1.165, 1.54) is 4.88 Å². The molecule has 0 saturated carbocycles. The van der Waals surface area contributed by atoms with Crippen molar-refractivity contribution in [1.29, 1.82) is 0 Å². The van der Waals surface area contributed by atoms with E-state index in [-0.39, 0.29) is 0 Å². The van der Waals surface area contributed by atoms with Gasteiger partial charge in [-0.1, -0.05) is 19.1 Å². The van der Waals surface area contributed by atoms with E-state index >= 15 is 0 Å². The summed E-state index contributed by atoms with van der Waals surface area (Å²) in [7, 11) is 0. The molecule has 112 valence electrons. The van der Waals surface area contributed by atoms with Crippen molar-refractivity contribution in [1.82, 2.24) is 0 Å². The van der Waals surface area contributed by atoms with E-state index in [2.05, 4.69) is 17.9 Å². The fraction of sp³-hybridized carbons (Fsp3) is 0.312. The maximum Gasteiger partial charge on any atom is 0.338 e. The molecule has 2 aromatic rings. The third-order valence-electron chi connectivity index (χ3n) is 3.17. The topological polar surface area (TPSA) is 40.5 Å². The first-order valence-electron chi connectivity index (χ1n) is 6.93. The van der Waals surface area contributed by atoms with Gasteiger partial charge in [-0.05, 0) is 36.3 Å². The highest BCUT2D eigenvalue weighted by Crippen LogP contribution is 2.32. The summed E-state index contributed by atoms with van der Waals surface area (Å²) in [5.41, 5.74) is 1.22. The van der Waals surface area contributed by atoms with Crippen LogP contribution in [0.5, 0.6) is 0 Å². The molecule has 0 atom stereocenters. The number of thiophene rings is 1. The molecule has 0 aliphatic heterocycles. The van der Waals surface area contributed by atoms with Crippen LogP contribution in [0.25, 0.3) is 0 Å². The summed E-state index contributed by atoms with van der Waals surface area (Å²) >= 11 is 3.27. The van der Waals surface area contributed by atoms with Gasteiger partial charge in [0.1, 0.15) is 0 Å². The van der Waals surface area contributed by atoms with Crippen LogP contribution in [0, 0.1) is 0 Å². The number of nitrogens with zero attached hydrogens (tertiary/aromatic N) is 1. The maximum atomic E-state index is 11.7. The molecule has 0 radical (unpaired) electrons. The predicted molar refractivity (Wildman–Crippen MR) is 90.8 cm³/mol. The van der Waals surface area contributed by atoms with Gasteiger partial charge in [-0.15, -0.1) is 23.1 Å². The Morgan fingerprint density at radius 3 is 2.67 bits per heavy atom. The van der Waals surface area contributed by atoms with Gasteiger partial charge in [-0.2, -0.15) is 0 Å². The van der Waals surface area contributed by atoms with Gasteiger partial charge in [0, 0.05) is 16.3 Å². The van der Waals surface area contributed by atoms with Gasteiger partial charge in [-0.3, -0.25) is 0 Å². The van der Waals surface area contributed by atoms with Crippen molar-refractivity contribution in [3.05, 3.63) is 46.2 Å². The highest BCUT2D eigenvalue weighted by atomic mass is 32.2. The summed E-state index contributed by atoms with van der Waals surface area (Å²) in [5.74, 6) is 0.00650. The van der Waals surface area contributed by atoms with Crippen molar-refractivity contribution in [3.63, 3.8) is 0 Å². The number of carboxylic acid groups (broad SMARTS) is 1. The summed E-state index contributed by atoms with van der Waals surface area (Å²) in [4.78, 5) is 15.9. The number of hydrogen-bond donors (Lipinski definition) is 1. The normalized spacial score (nSPS) is 10.6. The molecule has 0 saturated heterocycles. The number of benzene rings is 1. The van der Waals surface area contributed by atoms with Gasteiger partial charge in [-0.25, -0.2) is 4.79 Å². The second-order valence-corrected chi connectivity index (χ2v) is 6.82. The Labute approximate surface area is 133 Å². The van der Waals surface area contributed by atoms with Gasteiger partial charge >= 0.3 is 5.97 Å². The van der Waals surface area contributed by atoms with Crippen molar-refractivity contribution in [2.24, 2.45) is 0 Å². The largest absolute Gasteiger partial charge is 0.478 e. The number of carbonyl (C=O) groups is 1. The van der Waals surface area contributed by atoms with E-state index in [0.717, 1.165) is 29.4 Å². The van der Waals surface area contributed by atoms with Crippen LogP contribution in [-0.2, 0) is 6.54 Å². The summed E-state index contributed by atoms with van der Waals surface area (Å²) in [6.45, 7) is 5.61. The number of rotatable bonds is 7. The number of aromatic carboxylic acids is 1. The van der Waals surface area contributed by atoms with Crippen molar-refractivity contribution in [2.75, 3.05) is 17.2 Å². The van der Waals surface area contributed by atoms with Gasteiger partial charge < -0.3 is 10.0 Å². The molecule has 2 rings (SSSR count). The van der Waals surface area contributed by atoms with E-state index in [9.17, 15) is 9.90 Å². The number of anilines is 1. The highest BCUT2D eigenvalue weighted by molar-refractivity contribution is 7.99. The number of thioether (sulfide) groups is 1. The molecule has 3 nitrogen and oxygen atoms in total. The molecule has 0 fully saturated rings. The van der Waals surface area contributed by atoms with E-state index in [4.69, 9.17) is 0 Å². The molecule has 0 bridgehead atoms. The highest BCUT2D eigenvalue weighted by Gasteiger charge is 2.19. The zero-order valence-electron chi connectivity index (χ0n) is 12.2. The van der Waals surface area contributed by atoms with Crippen LogP contribution in [-0.4, -0.2) is 23.4 Å². The summed E-state index contributed by atoms with van der Waals surface area (Å²) in [5, 5.41) is 11.7. The molecule has 0 amide bonds. The molecule has 5 heteroatoms. The molecular formula is C16H19NO2S2. The Bertz CT molecular complexity index is 596. The molecule has 0 spiro atoms. The molecule has 0 unspecified atom stereocenters. The molecule has 0 aliphatic rings.